The van der Waals surface area contributed by atoms with Crippen LogP contribution in [0, 0.1) is 5.92 Å². The van der Waals surface area contributed by atoms with Gasteiger partial charge in [-0.05, 0) is 56.1 Å². The van der Waals surface area contributed by atoms with Gasteiger partial charge in [-0.3, -0.25) is 4.79 Å². The Morgan fingerprint density at radius 2 is 1.60 bits per heavy atom. The van der Waals surface area contributed by atoms with Crippen LogP contribution in [-0.4, -0.2) is 41.3 Å². The van der Waals surface area contributed by atoms with Gasteiger partial charge in [-0.15, -0.1) is 0 Å². The van der Waals surface area contributed by atoms with Gasteiger partial charge >= 0.3 is 5.63 Å². The van der Waals surface area contributed by atoms with Crippen LogP contribution in [0.25, 0.3) is 11.0 Å². The van der Waals surface area contributed by atoms with Crippen LogP contribution in [0.15, 0.2) is 99.2 Å². The first-order valence-electron chi connectivity index (χ1n) is 13.9. The van der Waals surface area contributed by atoms with E-state index < -0.39 is 11.5 Å². The summed E-state index contributed by atoms with van der Waals surface area (Å²) in [6, 6.07) is 26.2. The number of carbonyl (C=O) groups is 1. The number of aromatic hydroxyl groups is 1. The molecule has 5 rings (SSSR count). The third-order valence-electron chi connectivity index (χ3n) is 7.70. The van der Waals surface area contributed by atoms with Gasteiger partial charge in [0.1, 0.15) is 11.3 Å². The summed E-state index contributed by atoms with van der Waals surface area (Å²) in [6.45, 7) is 4.40. The number of nitrogens with one attached hydrogen (secondary N) is 1. The normalized spacial score (nSPS) is 16.0. The summed E-state index contributed by atoms with van der Waals surface area (Å²) in [6.07, 6.45) is 3.62. The highest BCUT2D eigenvalue weighted by Crippen LogP contribution is 2.39. The van der Waals surface area contributed by atoms with Crippen molar-refractivity contribution in [3.63, 3.8) is 0 Å². The Labute approximate surface area is 234 Å². The van der Waals surface area contributed by atoms with E-state index in [-0.39, 0.29) is 29.6 Å². The van der Waals surface area contributed by atoms with Gasteiger partial charge in [-0.25, -0.2) is 10.2 Å². The molecular weight excluding hydrogens is 502 g/mol. The summed E-state index contributed by atoms with van der Waals surface area (Å²) < 4.78 is 5.72. The van der Waals surface area contributed by atoms with Crippen molar-refractivity contribution in [3.8, 4) is 5.75 Å². The molecule has 0 spiro atoms. The van der Waals surface area contributed by atoms with Crippen molar-refractivity contribution < 1.29 is 14.3 Å². The lowest BCUT2D eigenvalue weighted by Gasteiger charge is -2.34. The molecule has 1 amide bonds. The van der Waals surface area contributed by atoms with Crippen LogP contribution in [0.4, 0.5) is 0 Å². The van der Waals surface area contributed by atoms with Gasteiger partial charge in [-0.1, -0.05) is 79.2 Å². The number of nitrogens with zero attached hydrogens (tertiary/aromatic N) is 2. The third-order valence-corrected chi connectivity index (χ3v) is 7.70. The van der Waals surface area contributed by atoms with Gasteiger partial charge in [0, 0.05) is 24.1 Å². The Hall–Kier alpha value is -4.23. The number of fused-ring (bicyclic) bond motifs is 1. The summed E-state index contributed by atoms with van der Waals surface area (Å²) in [5.41, 5.74) is 5.15. The fourth-order valence-electron chi connectivity index (χ4n) is 5.64. The number of amides is 1. The van der Waals surface area contributed by atoms with E-state index in [1.807, 2.05) is 73.7 Å². The first kappa shape index (κ1) is 27.3. The molecule has 2 heterocycles. The van der Waals surface area contributed by atoms with E-state index >= 15 is 0 Å². The molecular formula is C33H35N3O4. The molecule has 0 saturated carbocycles. The van der Waals surface area contributed by atoms with Gasteiger partial charge in [0.2, 0.25) is 5.91 Å². The number of hydrogen-bond donors (Lipinski definition) is 2. The monoisotopic (exact) mass is 537 g/mol. The molecule has 0 unspecified atom stereocenters. The van der Waals surface area contributed by atoms with E-state index in [0.29, 0.717) is 23.2 Å². The molecule has 1 saturated heterocycles. The van der Waals surface area contributed by atoms with Gasteiger partial charge in [-0.2, -0.15) is 5.10 Å². The Morgan fingerprint density at radius 3 is 2.33 bits per heavy atom. The number of para-hydroxylation sites is 1. The van der Waals surface area contributed by atoms with E-state index in [1.165, 1.54) is 6.42 Å². The van der Waals surface area contributed by atoms with Crippen LogP contribution in [0.1, 0.15) is 48.8 Å². The predicted molar refractivity (Wildman–Crippen MR) is 158 cm³/mol. The molecule has 206 valence electrons. The molecule has 0 aliphatic carbocycles. The zero-order valence-corrected chi connectivity index (χ0v) is 22.8. The van der Waals surface area contributed by atoms with Crippen molar-refractivity contribution >= 4 is 22.6 Å². The van der Waals surface area contributed by atoms with Gasteiger partial charge in [0.25, 0.3) is 0 Å². The summed E-state index contributed by atoms with van der Waals surface area (Å²) in [4.78, 5) is 28.7. The van der Waals surface area contributed by atoms with E-state index in [0.717, 1.165) is 37.1 Å². The molecule has 1 fully saturated rings. The van der Waals surface area contributed by atoms with Crippen molar-refractivity contribution in [2.75, 3.05) is 19.6 Å². The quantitative estimate of drug-likeness (QED) is 0.168. The SMILES string of the molecule is C/C(=N/NC(=O)Cc1ccccc1)[C@@H](CN1CCCCC1)[C@H](c1ccccc1)c1c(O)c2ccccc2oc1=O. The summed E-state index contributed by atoms with van der Waals surface area (Å²) in [5.74, 6) is -1.15. The second-order valence-corrected chi connectivity index (χ2v) is 10.5. The molecule has 2 atom stereocenters. The van der Waals surface area contributed by atoms with Crippen LogP contribution in [0.5, 0.6) is 5.75 Å². The largest absolute Gasteiger partial charge is 0.507 e. The van der Waals surface area contributed by atoms with Crippen LogP contribution in [-0.2, 0) is 11.2 Å². The zero-order chi connectivity index (χ0) is 27.9. The van der Waals surface area contributed by atoms with Gasteiger partial charge in [0.15, 0.2) is 0 Å². The summed E-state index contributed by atoms with van der Waals surface area (Å²) in [7, 11) is 0. The van der Waals surface area contributed by atoms with Crippen molar-refractivity contribution in [1.29, 1.82) is 0 Å². The molecule has 1 aliphatic heterocycles. The molecule has 7 nitrogen and oxygen atoms in total. The lowest BCUT2D eigenvalue weighted by atomic mass is 9.78. The average molecular weight is 538 g/mol. The topological polar surface area (TPSA) is 95.1 Å². The number of rotatable bonds is 9. The minimum atomic E-state index is -0.574. The first-order valence-corrected chi connectivity index (χ1v) is 13.9. The van der Waals surface area contributed by atoms with Crippen LogP contribution >= 0.6 is 0 Å². The summed E-state index contributed by atoms with van der Waals surface area (Å²) in [5, 5.41) is 16.5. The minimum Gasteiger partial charge on any atom is -0.507 e. The highest BCUT2D eigenvalue weighted by atomic mass is 16.4. The number of carbonyl (C=O) groups excluding carboxylic acids is 1. The Bertz CT molecular complexity index is 1530. The fraction of sp³-hybridized carbons (Fsp3) is 0.303. The van der Waals surface area contributed by atoms with Crippen molar-refractivity contribution in [3.05, 3.63) is 112 Å². The van der Waals surface area contributed by atoms with Crippen molar-refractivity contribution in [2.24, 2.45) is 11.0 Å². The number of hydrogen-bond acceptors (Lipinski definition) is 6. The second kappa shape index (κ2) is 12.7. The minimum absolute atomic E-state index is 0.0785. The maximum absolute atomic E-state index is 13.5. The highest BCUT2D eigenvalue weighted by molar-refractivity contribution is 5.89. The lowest BCUT2D eigenvalue weighted by molar-refractivity contribution is -0.120. The van der Waals surface area contributed by atoms with Gasteiger partial charge in [0.05, 0.1) is 17.4 Å². The molecule has 1 aliphatic rings. The maximum atomic E-state index is 13.5. The van der Waals surface area contributed by atoms with Crippen LogP contribution < -0.4 is 11.1 Å². The number of piperidine rings is 1. The van der Waals surface area contributed by atoms with Gasteiger partial charge < -0.3 is 14.4 Å². The predicted octanol–water partition coefficient (Wildman–Crippen LogP) is 5.47. The van der Waals surface area contributed by atoms with E-state index in [1.54, 1.807) is 18.2 Å². The maximum Gasteiger partial charge on any atom is 0.343 e. The highest BCUT2D eigenvalue weighted by Gasteiger charge is 2.35. The fourth-order valence-corrected chi connectivity index (χ4v) is 5.64. The lowest BCUT2D eigenvalue weighted by Crippen LogP contribution is -2.40. The Balaban J connectivity index is 1.57. The zero-order valence-electron chi connectivity index (χ0n) is 22.8. The molecule has 2 N–H and O–H groups in total. The Kier molecular flexibility index (Phi) is 8.71. The molecule has 7 heteroatoms. The standard InChI is InChI=1S/C33H35N3O4/c1-23(34-35-29(37)21-24-13-5-2-6-14-24)27(22-36-19-11-4-12-20-36)30(25-15-7-3-8-16-25)31-32(38)26-17-9-10-18-28(26)40-33(31)39/h2-3,5-10,13-18,27,30,38H,4,11-12,19-22H2,1H3,(H,35,37)/b34-23-/t27-,30+/m1/s1. The van der Waals surface area contributed by atoms with E-state index in [2.05, 4.69) is 15.4 Å². The molecule has 0 radical (unpaired) electrons. The average Bonchev–Trinajstić information content (AvgIpc) is 2.98. The molecule has 0 bridgehead atoms. The smallest absolute Gasteiger partial charge is 0.343 e. The van der Waals surface area contributed by atoms with Crippen molar-refractivity contribution in [2.45, 2.75) is 38.5 Å². The number of likely N-dealkylation sites (tertiary alicyclic amines) is 1. The molecule has 40 heavy (non-hydrogen) atoms. The molecule has 1 aromatic heterocycles. The number of hydrazone groups is 1. The molecule has 4 aromatic rings. The van der Waals surface area contributed by atoms with Crippen LogP contribution in [0.3, 0.4) is 0 Å². The van der Waals surface area contributed by atoms with E-state index in [9.17, 15) is 14.7 Å². The number of benzene rings is 3. The van der Waals surface area contributed by atoms with E-state index in [4.69, 9.17) is 4.42 Å². The molecule has 3 aromatic carbocycles. The second-order valence-electron chi connectivity index (χ2n) is 10.5. The van der Waals surface area contributed by atoms with Crippen LogP contribution in [0.2, 0.25) is 0 Å². The first-order chi connectivity index (χ1) is 19.5. The van der Waals surface area contributed by atoms with Crippen molar-refractivity contribution in [1.82, 2.24) is 10.3 Å². The third kappa shape index (κ3) is 6.32. The summed E-state index contributed by atoms with van der Waals surface area (Å²) >= 11 is 0. The Morgan fingerprint density at radius 1 is 0.950 bits per heavy atom.